The Morgan fingerprint density at radius 2 is 1.95 bits per heavy atom. The van der Waals surface area contributed by atoms with Gasteiger partial charge in [-0.15, -0.1) is 11.3 Å². The summed E-state index contributed by atoms with van der Waals surface area (Å²) in [4.78, 5) is 19.6. The van der Waals surface area contributed by atoms with Crippen LogP contribution in [-0.2, 0) is 6.54 Å². The third-order valence-corrected chi connectivity index (χ3v) is 4.45. The molecule has 0 bridgehead atoms. The molecule has 0 unspecified atom stereocenters. The van der Waals surface area contributed by atoms with Crippen LogP contribution in [0.2, 0.25) is 0 Å². The van der Waals surface area contributed by atoms with Crippen molar-refractivity contribution in [2.75, 3.05) is 0 Å². The minimum Gasteiger partial charge on any atom is -0.476 e. The first-order chi connectivity index (χ1) is 9.95. The molecule has 3 aromatic rings. The van der Waals surface area contributed by atoms with Crippen molar-refractivity contribution in [1.29, 1.82) is 0 Å². The molecule has 3 rings (SSSR count). The first kappa shape index (κ1) is 13.8. The third-order valence-electron chi connectivity index (χ3n) is 3.62. The Hall–Kier alpha value is -2.21. The van der Waals surface area contributed by atoms with E-state index in [4.69, 9.17) is 5.11 Å². The lowest BCUT2D eigenvalue weighted by Gasteiger charge is -2.06. The van der Waals surface area contributed by atoms with E-state index in [9.17, 15) is 4.79 Å². The van der Waals surface area contributed by atoms with Gasteiger partial charge in [-0.25, -0.2) is 14.8 Å². The molecule has 0 amide bonds. The zero-order valence-electron chi connectivity index (χ0n) is 12.0. The molecule has 2 aromatic heterocycles. The molecule has 0 aliphatic heterocycles. The van der Waals surface area contributed by atoms with E-state index in [1.54, 1.807) is 5.38 Å². The van der Waals surface area contributed by atoms with Crippen LogP contribution in [0.25, 0.3) is 11.0 Å². The number of carbonyl (C=O) groups is 1. The number of aryl methyl sites for hydroxylation is 3. The maximum absolute atomic E-state index is 10.9. The van der Waals surface area contributed by atoms with Crippen molar-refractivity contribution >= 4 is 28.3 Å². The number of nitrogens with zero attached hydrogens (tertiary/aromatic N) is 3. The number of hydrogen-bond acceptors (Lipinski definition) is 4. The van der Waals surface area contributed by atoms with Crippen molar-refractivity contribution in [2.45, 2.75) is 27.3 Å². The van der Waals surface area contributed by atoms with Crippen LogP contribution in [0.5, 0.6) is 0 Å². The molecular formula is C15H15N3O2S. The quantitative estimate of drug-likeness (QED) is 0.807. The van der Waals surface area contributed by atoms with Gasteiger partial charge in [0.05, 0.1) is 17.6 Å². The van der Waals surface area contributed by atoms with Crippen molar-refractivity contribution in [3.63, 3.8) is 0 Å². The maximum atomic E-state index is 10.9. The molecule has 2 heterocycles. The van der Waals surface area contributed by atoms with Crippen LogP contribution in [-0.4, -0.2) is 25.6 Å². The minimum absolute atomic E-state index is 0.101. The predicted octanol–water partition coefficient (Wildman–Crippen LogP) is 3.16. The highest BCUT2D eigenvalue weighted by molar-refractivity contribution is 7.09. The standard InChI is InChI=1S/C15H15N3O2S/c1-8-4-11-13(5-9(8)2)18(10(3)16-11)6-14-17-12(7-21-14)15(19)20/h4-5,7H,6H2,1-3H3,(H,19,20). The molecule has 21 heavy (non-hydrogen) atoms. The molecule has 0 aliphatic rings. The lowest BCUT2D eigenvalue weighted by atomic mass is 10.1. The molecule has 6 heteroatoms. The van der Waals surface area contributed by atoms with Gasteiger partial charge in [-0.3, -0.25) is 0 Å². The van der Waals surface area contributed by atoms with Gasteiger partial charge in [0.1, 0.15) is 10.8 Å². The third kappa shape index (κ3) is 2.42. The molecule has 0 spiro atoms. The molecule has 0 radical (unpaired) electrons. The summed E-state index contributed by atoms with van der Waals surface area (Å²) < 4.78 is 2.08. The van der Waals surface area contributed by atoms with E-state index in [1.807, 2.05) is 6.92 Å². The Morgan fingerprint density at radius 3 is 2.62 bits per heavy atom. The van der Waals surface area contributed by atoms with Gasteiger partial charge < -0.3 is 9.67 Å². The maximum Gasteiger partial charge on any atom is 0.355 e. The Kier molecular flexibility index (Phi) is 3.25. The smallest absolute Gasteiger partial charge is 0.355 e. The second kappa shape index (κ2) is 4.96. The van der Waals surface area contributed by atoms with E-state index in [-0.39, 0.29) is 5.69 Å². The minimum atomic E-state index is -0.990. The van der Waals surface area contributed by atoms with E-state index < -0.39 is 5.97 Å². The van der Waals surface area contributed by atoms with Crippen LogP contribution < -0.4 is 0 Å². The van der Waals surface area contributed by atoms with Crippen molar-refractivity contribution in [3.8, 4) is 0 Å². The molecule has 0 atom stereocenters. The van der Waals surface area contributed by atoms with Gasteiger partial charge >= 0.3 is 5.97 Å². The highest BCUT2D eigenvalue weighted by Crippen LogP contribution is 2.22. The van der Waals surface area contributed by atoms with Gasteiger partial charge in [-0.1, -0.05) is 0 Å². The fourth-order valence-electron chi connectivity index (χ4n) is 2.32. The van der Waals surface area contributed by atoms with E-state index in [1.165, 1.54) is 22.5 Å². The number of hydrogen-bond donors (Lipinski definition) is 1. The number of imidazole rings is 1. The SMILES string of the molecule is Cc1cc2nc(C)n(Cc3nc(C(=O)O)cs3)c2cc1C. The van der Waals surface area contributed by atoms with Crippen LogP contribution >= 0.6 is 11.3 Å². The summed E-state index contributed by atoms with van der Waals surface area (Å²) in [6.07, 6.45) is 0. The van der Waals surface area contributed by atoms with Gasteiger partial charge in [0.2, 0.25) is 0 Å². The van der Waals surface area contributed by atoms with Gasteiger partial charge in [0, 0.05) is 5.38 Å². The predicted molar refractivity (Wildman–Crippen MR) is 82.1 cm³/mol. The number of fused-ring (bicyclic) bond motifs is 1. The van der Waals surface area contributed by atoms with Crippen LogP contribution in [0.3, 0.4) is 0 Å². The van der Waals surface area contributed by atoms with E-state index >= 15 is 0 Å². The van der Waals surface area contributed by atoms with Crippen molar-refractivity contribution < 1.29 is 9.90 Å². The lowest BCUT2D eigenvalue weighted by molar-refractivity contribution is 0.0691. The second-order valence-corrected chi connectivity index (χ2v) is 6.04. The molecule has 108 valence electrons. The van der Waals surface area contributed by atoms with Gasteiger partial charge in [0.25, 0.3) is 0 Å². The molecule has 1 aromatic carbocycles. The van der Waals surface area contributed by atoms with Gasteiger partial charge in [-0.05, 0) is 44.0 Å². The van der Waals surface area contributed by atoms with Crippen LogP contribution in [0, 0.1) is 20.8 Å². The summed E-state index contributed by atoms with van der Waals surface area (Å²) in [5.41, 5.74) is 4.56. The average molecular weight is 301 g/mol. The number of aromatic carboxylic acids is 1. The molecule has 0 aliphatic carbocycles. The Labute approximate surface area is 125 Å². The number of benzene rings is 1. The normalized spacial score (nSPS) is 11.2. The van der Waals surface area contributed by atoms with Crippen molar-refractivity contribution in [3.05, 3.63) is 45.2 Å². The molecule has 0 saturated heterocycles. The Morgan fingerprint density at radius 1 is 1.24 bits per heavy atom. The van der Waals surface area contributed by atoms with Crippen molar-refractivity contribution in [2.24, 2.45) is 0 Å². The zero-order chi connectivity index (χ0) is 15.1. The fourth-order valence-corrected chi connectivity index (χ4v) is 3.07. The summed E-state index contributed by atoms with van der Waals surface area (Å²) in [7, 11) is 0. The highest BCUT2D eigenvalue weighted by Gasteiger charge is 2.13. The summed E-state index contributed by atoms with van der Waals surface area (Å²) in [5, 5.41) is 11.3. The number of aromatic nitrogens is 3. The first-order valence-electron chi connectivity index (χ1n) is 6.57. The molecule has 0 saturated carbocycles. The molecular weight excluding hydrogens is 286 g/mol. The largest absolute Gasteiger partial charge is 0.476 e. The number of rotatable bonds is 3. The summed E-state index contributed by atoms with van der Waals surface area (Å²) >= 11 is 1.36. The lowest BCUT2D eigenvalue weighted by Crippen LogP contribution is -2.03. The molecule has 5 nitrogen and oxygen atoms in total. The fraction of sp³-hybridized carbons (Fsp3) is 0.267. The van der Waals surface area contributed by atoms with Crippen LogP contribution in [0.15, 0.2) is 17.5 Å². The van der Waals surface area contributed by atoms with E-state index in [2.05, 4.69) is 40.5 Å². The number of thiazole rings is 1. The Bertz CT molecular complexity index is 848. The summed E-state index contributed by atoms with van der Waals surface area (Å²) in [5.74, 6) is -0.0849. The second-order valence-electron chi connectivity index (χ2n) is 5.10. The van der Waals surface area contributed by atoms with E-state index in [0.717, 1.165) is 21.9 Å². The average Bonchev–Trinajstić information content (AvgIpc) is 2.98. The number of carboxylic acid groups (broad SMARTS) is 1. The van der Waals surface area contributed by atoms with Gasteiger partial charge in [-0.2, -0.15) is 0 Å². The van der Waals surface area contributed by atoms with Crippen LogP contribution in [0.1, 0.15) is 32.4 Å². The molecule has 1 N–H and O–H groups in total. The zero-order valence-corrected chi connectivity index (χ0v) is 12.9. The summed E-state index contributed by atoms with van der Waals surface area (Å²) in [6, 6.07) is 4.20. The highest BCUT2D eigenvalue weighted by atomic mass is 32.1. The Balaban J connectivity index is 2.05. The molecule has 0 fully saturated rings. The van der Waals surface area contributed by atoms with Crippen LogP contribution in [0.4, 0.5) is 0 Å². The monoisotopic (exact) mass is 301 g/mol. The van der Waals surface area contributed by atoms with Gasteiger partial charge in [0.15, 0.2) is 5.69 Å². The van der Waals surface area contributed by atoms with Crippen molar-refractivity contribution in [1.82, 2.24) is 14.5 Å². The van der Waals surface area contributed by atoms with E-state index in [0.29, 0.717) is 6.54 Å². The number of carboxylic acids is 1. The first-order valence-corrected chi connectivity index (χ1v) is 7.45. The topological polar surface area (TPSA) is 68.0 Å². The summed E-state index contributed by atoms with van der Waals surface area (Å²) in [6.45, 7) is 6.65.